The first-order chi connectivity index (χ1) is 26.6. The Kier molecular flexibility index (Phi) is 37.1. The number of carbonyl (C=O) groups excluding carboxylic acids is 1. The van der Waals surface area contributed by atoms with Crippen LogP contribution in [-0.4, -0.2) is 64.1 Å². The molecule has 0 aromatic carbocycles. The number of likely N-dealkylation sites (N-methyl/N-ethyl adjacent to an activating group) is 1. The Morgan fingerprint density at radius 1 is 0.582 bits per heavy atom. The summed E-state index contributed by atoms with van der Waals surface area (Å²) in [6, 6.07) is 0. The van der Waals surface area contributed by atoms with E-state index < -0.39 is 13.9 Å². The highest BCUT2D eigenvalue weighted by Crippen LogP contribution is 2.38. The van der Waals surface area contributed by atoms with E-state index in [9.17, 15) is 14.3 Å². The van der Waals surface area contributed by atoms with Crippen LogP contribution in [0.15, 0.2) is 73.1 Å². The van der Waals surface area contributed by atoms with Crippen molar-refractivity contribution in [2.24, 2.45) is 0 Å². The molecule has 0 spiro atoms. The normalized spacial score (nSPS) is 14.4. The van der Waals surface area contributed by atoms with Gasteiger partial charge >= 0.3 is 5.97 Å². The standard InChI is InChI=1S/C46H82NO7P/c1-6-8-10-12-14-16-18-20-22-24-25-27-29-31-33-35-37-39-46(48)52-43-45(44-54-55(49,50)53-42-40-47(3,4)5)51-41-38-36-34-32-30-28-26-23-21-19-17-15-13-11-9-7-2/h14,16,20-23,25,27,31,33,38,41,45H,6-13,15,17-19,24,26,28-30,32,34-37,39-40,42-44H2,1-5H3/b16-14-,22-20-,23-21-,27-25-,33-31-,41-38-. The second-order valence-electron chi connectivity index (χ2n) is 15.4. The SMILES string of the molecule is CCCCC/C=C\C/C=C\C/C=C\C/C=C\CCCC(=O)OCC(COP(=O)([O-])OCC[N+](C)(C)C)O/C=C\CCCCCC/C=C\CCCCCCCC. The Morgan fingerprint density at radius 3 is 1.56 bits per heavy atom. The van der Waals surface area contributed by atoms with Crippen LogP contribution in [0.3, 0.4) is 0 Å². The molecule has 0 heterocycles. The van der Waals surface area contributed by atoms with Gasteiger partial charge in [-0.2, -0.15) is 0 Å². The van der Waals surface area contributed by atoms with Gasteiger partial charge in [0.05, 0.1) is 34.0 Å². The molecule has 318 valence electrons. The van der Waals surface area contributed by atoms with Gasteiger partial charge in [0.15, 0.2) is 6.10 Å². The van der Waals surface area contributed by atoms with Gasteiger partial charge in [-0.05, 0) is 89.5 Å². The first kappa shape index (κ1) is 52.8. The van der Waals surface area contributed by atoms with Crippen molar-refractivity contribution in [1.82, 2.24) is 0 Å². The van der Waals surface area contributed by atoms with Crippen molar-refractivity contribution >= 4 is 13.8 Å². The molecule has 0 saturated heterocycles. The number of carbonyl (C=O) groups is 1. The smallest absolute Gasteiger partial charge is 0.305 e. The van der Waals surface area contributed by atoms with Gasteiger partial charge in [-0.1, -0.05) is 132 Å². The Balaban J connectivity index is 4.42. The summed E-state index contributed by atoms with van der Waals surface area (Å²) in [6.45, 7) is 4.58. The summed E-state index contributed by atoms with van der Waals surface area (Å²) in [6.07, 6.45) is 50.2. The number of hydrogen-bond donors (Lipinski definition) is 0. The average Bonchev–Trinajstić information content (AvgIpc) is 3.14. The average molecular weight is 792 g/mol. The zero-order chi connectivity index (χ0) is 40.6. The number of phosphoric acid groups is 1. The molecule has 8 nitrogen and oxygen atoms in total. The molecule has 2 unspecified atom stereocenters. The summed E-state index contributed by atoms with van der Waals surface area (Å²) in [4.78, 5) is 24.8. The van der Waals surface area contributed by atoms with E-state index in [2.05, 4.69) is 74.6 Å². The number of esters is 1. The lowest BCUT2D eigenvalue weighted by Crippen LogP contribution is -2.37. The van der Waals surface area contributed by atoms with E-state index in [1.807, 2.05) is 27.2 Å². The third-order valence-electron chi connectivity index (χ3n) is 8.82. The third kappa shape index (κ3) is 42.8. The number of ether oxygens (including phenoxy) is 2. The number of quaternary nitrogens is 1. The number of hydrogen-bond acceptors (Lipinski definition) is 7. The maximum absolute atomic E-state index is 12.4. The fourth-order valence-electron chi connectivity index (χ4n) is 5.34. The van der Waals surface area contributed by atoms with Gasteiger partial charge in [0.2, 0.25) is 0 Å². The molecule has 2 atom stereocenters. The summed E-state index contributed by atoms with van der Waals surface area (Å²) in [5.41, 5.74) is 0. The van der Waals surface area contributed by atoms with Crippen molar-refractivity contribution in [3.05, 3.63) is 73.1 Å². The molecule has 0 aromatic rings. The molecule has 0 fully saturated rings. The zero-order valence-electron chi connectivity index (χ0n) is 35.8. The van der Waals surface area contributed by atoms with Crippen molar-refractivity contribution in [1.29, 1.82) is 0 Å². The summed E-state index contributed by atoms with van der Waals surface area (Å²) >= 11 is 0. The quantitative estimate of drug-likeness (QED) is 0.0153. The van der Waals surface area contributed by atoms with Crippen LogP contribution in [0.25, 0.3) is 0 Å². The highest BCUT2D eigenvalue weighted by molar-refractivity contribution is 7.45. The van der Waals surface area contributed by atoms with E-state index in [1.54, 1.807) is 6.26 Å². The third-order valence-corrected chi connectivity index (χ3v) is 9.78. The minimum Gasteiger partial charge on any atom is -0.756 e. The Labute approximate surface area is 338 Å². The van der Waals surface area contributed by atoms with Crippen LogP contribution in [0.5, 0.6) is 0 Å². The zero-order valence-corrected chi connectivity index (χ0v) is 36.7. The van der Waals surface area contributed by atoms with Gasteiger partial charge in [-0.3, -0.25) is 9.36 Å². The maximum Gasteiger partial charge on any atom is 0.305 e. The lowest BCUT2D eigenvalue weighted by Gasteiger charge is -2.28. The molecule has 0 saturated carbocycles. The van der Waals surface area contributed by atoms with E-state index in [4.69, 9.17) is 18.5 Å². The molecular weight excluding hydrogens is 709 g/mol. The predicted octanol–water partition coefficient (Wildman–Crippen LogP) is 12.4. The van der Waals surface area contributed by atoms with E-state index in [1.165, 1.54) is 83.5 Å². The summed E-state index contributed by atoms with van der Waals surface area (Å²) in [5, 5.41) is 0. The molecule has 0 amide bonds. The van der Waals surface area contributed by atoms with E-state index in [0.29, 0.717) is 17.4 Å². The molecule has 0 aliphatic rings. The topological polar surface area (TPSA) is 94.1 Å². The predicted molar refractivity (Wildman–Crippen MR) is 231 cm³/mol. The van der Waals surface area contributed by atoms with Crippen LogP contribution in [0.4, 0.5) is 0 Å². The first-order valence-electron chi connectivity index (χ1n) is 21.7. The van der Waals surface area contributed by atoms with Crippen LogP contribution in [-0.2, 0) is 27.9 Å². The molecule has 9 heteroatoms. The number of nitrogens with zero attached hydrogens (tertiary/aromatic N) is 1. The van der Waals surface area contributed by atoms with Crippen molar-refractivity contribution in [2.75, 3.05) is 47.5 Å². The molecule has 0 bridgehead atoms. The van der Waals surface area contributed by atoms with Crippen molar-refractivity contribution in [2.45, 2.75) is 168 Å². The highest BCUT2D eigenvalue weighted by Gasteiger charge is 2.19. The molecule has 55 heavy (non-hydrogen) atoms. The lowest BCUT2D eigenvalue weighted by atomic mass is 10.1. The number of rotatable bonds is 39. The summed E-state index contributed by atoms with van der Waals surface area (Å²) < 4.78 is 34.3. The van der Waals surface area contributed by atoms with Crippen LogP contribution in [0, 0.1) is 0 Å². The van der Waals surface area contributed by atoms with Crippen molar-refractivity contribution in [3.8, 4) is 0 Å². The van der Waals surface area contributed by atoms with Gasteiger partial charge in [0.1, 0.15) is 19.8 Å². The molecule has 0 aliphatic carbocycles. The van der Waals surface area contributed by atoms with Crippen LogP contribution in [0.2, 0.25) is 0 Å². The van der Waals surface area contributed by atoms with Gasteiger partial charge in [0.25, 0.3) is 7.82 Å². The minimum atomic E-state index is -4.53. The Hall–Kier alpha value is -2.22. The second-order valence-corrected chi connectivity index (χ2v) is 16.8. The van der Waals surface area contributed by atoms with E-state index in [-0.39, 0.29) is 32.2 Å². The number of allylic oxidation sites excluding steroid dienone is 11. The maximum atomic E-state index is 12.4. The fraction of sp³-hybridized carbons (Fsp3) is 0.717. The molecule has 0 rings (SSSR count). The minimum absolute atomic E-state index is 0.0135. The van der Waals surface area contributed by atoms with Gasteiger partial charge < -0.3 is 27.9 Å². The Bertz CT molecular complexity index is 1110. The lowest BCUT2D eigenvalue weighted by molar-refractivity contribution is -0.870. The van der Waals surface area contributed by atoms with Crippen LogP contribution in [0.1, 0.15) is 162 Å². The monoisotopic (exact) mass is 792 g/mol. The molecule has 0 radical (unpaired) electrons. The molecule has 0 aliphatic heterocycles. The molecular formula is C46H82NO7P. The van der Waals surface area contributed by atoms with Crippen molar-refractivity contribution < 1.29 is 37.3 Å². The fourth-order valence-corrected chi connectivity index (χ4v) is 6.07. The second kappa shape index (κ2) is 38.6. The number of phosphoric ester groups is 1. The first-order valence-corrected chi connectivity index (χ1v) is 23.2. The Morgan fingerprint density at radius 2 is 1.02 bits per heavy atom. The van der Waals surface area contributed by atoms with Gasteiger partial charge in [0, 0.05) is 6.42 Å². The van der Waals surface area contributed by atoms with E-state index >= 15 is 0 Å². The van der Waals surface area contributed by atoms with Gasteiger partial charge in [-0.25, -0.2) is 0 Å². The largest absolute Gasteiger partial charge is 0.756 e. The summed E-state index contributed by atoms with van der Waals surface area (Å²) in [7, 11) is 1.32. The number of unbranched alkanes of at least 4 members (excludes halogenated alkanes) is 15. The van der Waals surface area contributed by atoms with Gasteiger partial charge in [-0.15, -0.1) is 0 Å². The van der Waals surface area contributed by atoms with Crippen LogP contribution >= 0.6 is 7.82 Å². The van der Waals surface area contributed by atoms with Crippen LogP contribution < -0.4 is 4.89 Å². The summed E-state index contributed by atoms with van der Waals surface area (Å²) in [5.74, 6) is -0.352. The molecule has 0 N–H and O–H groups in total. The highest BCUT2D eigenvalue weighted by atomic mass is 31.2. The van der Waals surface area contributed by atoms with E-state index in [0.717, 1.165) is 51.4 Å². The molecule has 0 aromatic heterocycles. The van der Waals surface area contributed by atoms with Crippen molar-refractivity contribution in [3.63, 3.8) is 0 Å².